The number of benzene rings is 2. The van der Waals surface area contributed by atoms with Crippen molar-refractivity contribution in [1.29, 1.82) is 0 Å². The number of aryl methyl sites for hydroxylation is 2. The highest BCUT2D eigenvalue weighted by atomic mass is 35.5. The summed E-state index contributed by atoms with van der Waals surface area (Å²) in [4.78, 5) is 0. The summed E-state index contributed by atoms with van der Waals surface area (Å²) in [5, 5.41) is 13.5. The Morgan fingerprint density at radius 2 is 1.80 bits per heavy atom. The normalized spacial score (nSPS) is 11.1. The third-order valence-corrected chi connectivity index (χ3v) is 5.37. The summed E-state index contributed by atoms with van der Waals surface area (Å²) in [6, 6.07) is 17.7. The Kier molecular flexibility index (Phi) is 5.88. The van der Waals surface area contributed by atoms with Gasteiger partial charge in [-0.3, -0.25) is 4.68 Å². The highest BCUT2D eigenvalue weighted by Gasteiger charge is 2.15. The van der Waals surface area contributed by atoms with E-state index in [-0.39, 0.29) is 0 Å². The number of ether oxygens (including phenoxy) is 1. The van der Waals surface area contributed by atoms with Gasteiger partial charge in [0.15, 0.2) is 0 Å². The van der Waals surface area contributed by atoms with Crippen molar-refractivity contribution in [2.45, 2.75) is 20.0 Å². The Morgan fingerprint density at radius 3 is 2.47 bits per heavy atom. The van der Waals surface area contributed by atoms with Gasteiger partial charge in [-0.2, -0.15) is 10.2 Å². The molecule has 4 aromatic rings. The second-order valence-corrected chi connectivity index (χ2v) is 7.54. The molecule has 0 aliphatic heterocycles. The van der Waals surface area contributed by atoms with Gasteiger partial charge in [0.25, 0.3) is 0 Å². The van der Waals surface area contributed by atoms with Crippen LogP contribution in [0, 0.1) is 6.92 Å². The summed E-state index contributed by atoms with van der Waals surface area (Å²) in [6.45, 7) is 3.37. The second-order valence-electron chi connectivity index (χ2n) is 7.13. The zero-order valence-corrected chi connectivity index (χ0v) is 18.0. The summed E-state index contributed by atoms with van der Waals surface area (Å²) < 4.78 is 9.02. The van der Waals surface area contributed by atoms with Gasteiger partial charge >= 0.3 is 0 Å². The number of hydrogen-bond donors (Lipinski definition) is 1. The highest BCUT2D eigenvalue weighted by Crippen LogP contribution is 2.30. The van der Waals surface area contributed by atoms with Crippen LogP contribution < -0.4 is 10.1 Å². The fourth-order valence-corrected chi connectivity index (χ4v) is 3.56. The first-order valence-corrected chi connectivity index (χ1v) is 10.1. The number of hydrogen-bond acceptors (Lipinski definition) is 4. The van der Waals surface area contributed by atoms with E-state index in [1.165, 1.54) is 0 Å². The van der Waals surface area contributed by atoms with Gasteiger partial charge < -0.3 is 10.1 Å². The SMILES string of the molecule is COc1ccc(-n2cc(CNCc3cc(C)n(C)n3)c(-c3ccccc3Cl)n2)cc1. The van der Waals surface area contributed by atoms with Crippen molar-refractivity contribution in [1.82, 2.24) is 24.9 Å². The van der Waals surface area contributed by atoms with Gasteiger partial charge in [-0.15, -0.1) is 0 Å². The summed E-state index contributed by atoms with van der Waals surface area (Å²) >= 11 is 6.48. The molecule has 1 N–H and O–H groups in total. The fraction of sp³-hybridized carbons (Fsp3) is 0.217. The monoisotopic (exact) mass is 421 g/mol. The van der Waals surface area contributed by atoms with E-state index in [4.69, 9.17) is 21.4 Å². The van der Waals surface area contributed by atoms with Gasteiger partial charge in [0, 0.05) is 43.2 Å². The highest BCUT2D eigenvalue weighted by molar-refractivity contribution is 6.33. The van der Waals surface area contributed by atoms with Crippen molar-refractivity contribution in [3.8, 4) is 22.7 Å². The predicted molar refractivity (Wildman–Crippen MR) is 119 cm³/mol. The third-order valence-electron chi connectivity index (χ3n) is 5.04. The molecule has 0 aliphatic rings. The van der Waals surface area contributed by atoms with Crippen LogP contribution in [0.15, 0.2) is 60.8 Å². The minimum absolute atomic E-state index is 0.645. The van der Waals surface area contributed by atoms with E-state index in [9.17, 15) is 0 Å². The zero-order chi connectivity index (χ0) is 21.1. The molecule has 0 amide bonds. The van der Waals surface area contributed by atoms with E-state index in [0.717, 1.165) is 39.6 Å². The van der Waals surface area contributed by atoms with Gasteiger partial charge in [-0.05, 0) is 43.3 Å². The number of nitrogens with one attached hydrogen (secondary N) is 1. The van der Waals surface area contributed by atoms with Crippen LogP contribution in [0.5, 0.6) is 5.75 Å². The van der Waals surface area contributed by atoms with Gasteiger partial charge in [-0.25, -0.2) is 4.68 Å². The molecular weight excluding hydrogens is 398 g/mol. The Morgan fingerprint density at radius 1 is 1.03 bits per heavy atom. The first-order valence-electron chi connectivity index (χ1n) is 9.73. The molecule has 0 radical (unpaired) electrons. The Labute approximate surface area is 181 Å². The number of methoxy groups -OCH3 is 1. The molecule has 2 aromatic carbocycles. The van der Waals surface area contributed by atoms with Crippen LogP contribution in [0.1, 0.15) is 17.0 Å². The molecule has 0 saturated heterocycles. The molecule has 7 heteroatoms. The molecule has 2 aromatic heterocycles. The molecule has 0 atom stereocenters. The van der Waals surface area contributed by atoms with Crippen LogP contribution in [0.4, 0.5) is 0 Å². The van der Waals surface area contributed by atoms with Crippen LogP contribution >= 0.6 is 11.6 Å². The lowest BCUT2D eigenvalue weighted by Gasteiger charge is -2.05. The molecule has 6 nitrogen and oxygen atoms in total. The lowest BCUT2D eigenvalue weighted by Crippen LogP contribution is -2.13. The largest absolute Gasteiger partial charge is 0.497 e. The van der Waals surface area contributed by atoms with Crippen molar-refractivity contribution in [3.63, 3.8) is 0 Å². The number of aromatic nitrogens is 4. The predicted octanol–water partition coefficient (Wildman–Crippen LogP) is 4.53. The number of rotatable bonds is 7. The van der Waals surface area contributed by atoms with Crippen molar-refractivity contribution in [3.05, 3.63) is 82.8 Å². The van der Waals surface area contributed by atoms with Crippen molar-refractivity contribution >= 4 is 11.6 Å². The van der Waals surface area contributed by atoms with E-state index in [1.807, 2.05) is 78.1 Å². The van der Waals surface area contributed by atoms with Gasteiger partial charge in [-0.1, -0.05) is 29.8 Å². The number of halogens is 1. The smallest absolute Gasteiger partial charge is 0.119 e. The molecule has 0 bridgehead atoms. The third kappa shape index (κ3) is 4.25. The maximum atomic E-state index is 6.48. The van der Waals surface area contributed by atoms with E-state index in [2.05, 4.69) is 16.5 Å². The van der Waals surface area contributed by atoms with Crippen molar-refractivity contribution in [2.75, 3.05) is 7.11 Å². The van der Waals surface area contributed by atoms with Crippen LogP contribution in [0.3, 0.4) is 0 Å². The molecule has 0 saturated carbocycles. The van der Waals surface area contributed by atoms with Gasteiger partial charge in [0.05, 0.1) is 29.2 Å². The minimum atomic E-state index is 0.645. The van der Waals surface area contributed by atoms with Gasteiger partial charge in [0.1, 0.15) is 5.75 Å². The van der Waals surface area contributed by atoms with Gasteiger partial charge in [0.2, 0.25) is 0 Å². The van der Waals surface area contributed by atoms with E-state index in [1.54, 1.807) is 7.11 Å². The quantitative estimate of drug-likeness (QED) is 0.476. The van der Waals surface area contributed by atoms with Crippen LogP contribution in [0.25, 0.3) is 16.9 Å². The van der Waals surface area contributed by atoms with E-state index < -0.39 is 0 Å². The summed E-state index contributed by atoms with van der Waals surface area (Å²) in [6.07, 6.45) is 2.04. The van der Waals surface area contributed by atoms with Crippen LogP contribution in [-0.2, 0) is 20.1 Å². The molecule has 0 aliphatic carbocycles. The zero-order valence-electron chi connectivity index (χ0n) is 17.3. The summed E-state index contributed by atoms with van der Waals surface area (Å²) in [5.74, 6) is 0.810. The van der Waals surface area contributed by atoms with E-state index in [0.29, 0.717) is 18.1 Å². The van der Waals surface area contributed by atoms with Crippen LogP contribution in [-0.4, -0.2) is 26.7 Å². The first-order chi connectivity index (χ1) is 14.5. The number of nitrogens with zero attached hydrogens (tertiary/aromatic N) is 4. The maximum Gasteiger partial charge on any atom is 0.119 e. The summed E-state index contributed by atoms with van der Waals surface area (Å²) in [7, 11) is 3.61. The first kappa shape index (κ1) is 20.2. The summed E-state index contributed by atoms with van der Waals surface area (Å²) in [5.41, 5.74) is 5.94. The molecule has 154 valence electrons. The molecule has 4 rings (SSSR count). The Balaban J connectivity index is 1.62. The molecular formula is C23H24ClN5O. The molecule has 0 unspecified atom stereocenters. The lowest BCUT2D eigenvalue weighted by molar-refractivity contribution is 0.414. The van der Waals surface area contributed by atoms with Crippen LogP contribution in [0.2, 0.25) is 5.02 Å². The second kappa shape index (κ2) is 8.73. The molecule has 0 fully saturated rings. The average molecular weight is 422 g/mol. The molecule has 30 heavy (non-hydrogen) atoms. The fourth-order valence-electron chi connectivity index (χ4n) is 3.33. The molecule has 0 spiro atoms. The van der Waals surface area contributed by atoms with Crippen molar-refractivity contribution < 1.29 is 4.74 Å². The Hall–Kier alpha value is -3.09. The molecule has 2 heterocycles. The maximum absolute atomic E-state index is 6.48. The lowest BCUT2D eigenvalue weighted by atomic mass is 10.1. The van der Waals surface area contributed by atoms with E-state index >= 15 is 0 Å². The van der Waals surface area contributed by atoms with Crippen molar-refractivity contribution in [2.24, 2.45) is 7.05 Å². The standard InChI is InChI=1S/C23H24ClN5O/c1-16-12-18(26-28(16)2)14-25-13-17-15-29(19-8-10-20(30-3)11-9-19)27-23(17)21-6-4-5-7-22(21)24/h4-12,15,25H,13-14H2,1-3H3. The Bertz CT molecular complexity index is 1130. The average Bonchev–Trinajstić information content (AvgIpc) is 3.31. The topological polar surface area (TPSA) is 56.9 Å². The minimum Gasteiger partial charge on any atom is -0.497 e.